The van der Waals surface area contributed by atoms with Crippen LogP contribution in [-0.2, 0) is 12.7 Å². The zero-order valence-corrected chi connectivity index (χ0v) is 19.6. The molecule has 0 radical (unpaired) electrons. The summed E-state index contributed by atoms with van der Waals surface area (Å²) in [7, 11) is 2.65. The van der Waals surface area contributed by atoms with Crippen LogP contribution in [0.4, 0.5) is 28.0 Å². The molecule has 36 heavy (non-hydrogen) atoms. The topological polar surface area (TPSA) is 102 Å². The fraction of sp³-hybridized carbons (Fsp3) is 0.174. The second kappa shape index (κ2) is 11.1. The van der Waals surface area contributed by atoms with Gasteiger partial charge in [-0.15, -0.1) is 0 Å². The lowest BCUT2D eigenvalue weighted by atomic mass is 10.1. The van der Waals surface area contributed by atoms with Crippen molar-refractivity contribution in [3.63, 3.8) is 0 Å². The Balaban J connectivity index is 1.66. The van der Waals surface area contributed by atoms with Gasteiger partial charge in [0.2, 0.25) is 0 Å². The molecule has 0 spiro atoms. The number of amides is 3. The molecule has 0 saturated carbocycles. The second-order valence-electron chi connectivity index (χ2n) is 7.16. The number of nitrogens with zero attached hydrogens (tertiary/aromatic N) is 1. The number of rotatable bonds is 7. The Morgan fingerprint density at radius 1 is 1.08 bits per heavy atom. The Kier molecular flexibility index (Phi) is 8.20. The molecule has 0 atom stereocenters. The molecule has 13 heteroatoms. The first-order valence-corrected chi connectivity index (χ1v) is 10.5. The molecule has 3 N–H and O–H groups in total. The van der Waals surface area contributed by atoms with Crippen molar-refractivity contribution in [2.45, 2.75) is 12.7 Å². The van der Waals surface area contributed by atoms with E-state index in [1.165, 1.54) is 44.6 Å². The van der Waals surface area contributed by atoms with Gasteiger partial charge in [0.05, 0.1) is 23.4 Å². The smallest absolute Gasteiger partial charge is 0.417 e. The van der Waals surface area contributed by atoms with Gasteiger partial charge >= 0.3 is 12.2 Å². The van der Waals surface area contributed by atoms with Gasteiger partial charge in [0.1, 0.15) is 17.2 Å². The summed E-state index contributed by atoms with van der Waals surface area (Å²) in [5, 5.41) is 6.50. The van der Waals surface area contributed by atoms with Gasteiger partial charge < -0.3 is 25.4 Å². The van der Waals surface area contributed by atoms with Crippen molar-refractivity contribution in [3.05, 3.63) is 76.3 Å². The normalized spacial score (nSPS) is 11.0. The lowest BCUT2D eigenvalue weighted by Crippen LogP contribution is -2.28. The van der Waals surface area contributed by atoms with Gasteiger partial charge in [-0.25, -0.2) is 9.18 Å². The number of pyridine rings is 1. The maximum absolute atomic E-state index is 14.5. The predicted octanol–water partition coefficient (Wildman–Crippen LogP) is 5.38. The second-order valence-corrected chi connectivity index (χ2v) is 7.57. The molecule has 0 fully saturated rings. The molecule has 2 aromatic carbocycles. The van der Waals surface area contributed by atoms with E-state index in [1.807, 2.05) is 0 Å². The molecule has 1 heterocycles. The van der Waals surface area contributed by atoms with E-state index in [4.69, 9.17) is 21.1 Å². The third kappa shape index (κ3) is 6.54. The van der Waals surface area contributed by atoms with Crippen LogP contribution in [0.5, 0.6) is 17.2 Å². The van der Waals surface area contributed by atoms with Crippen molar-refractivity contribution in [1.82, 2.24) is 15.6 Å². The Bertz CT molecular complexity index is 1290. The van der Waals surface area contributed by atoms with Gasteiger partial charge in [-0.05, 0) is 29.8 Å². The third-order valence-corrected chi connectivity index (χ3v) is 5.02. The molecule has 0 aliphatic heterocycles. The average molecular weight is 527 g/mol. The Labute approximate surface area is 207 Å². The van der Waals surface area contributed by atoms with Crippen molar-refractivity contribution in [2.75, 3.05) is 19.5 Å². The number of aromatic nitrogens is 1. The first-order chi connectivity index (χ1) is 17.0. The van der Waals surface area contributed by atoms with Gasteiger partial charge in [0.15, 0.2) is 11.6 Å². The number of anilines is 1. The van der Waals surface area contributed by atoms with Crippen LogP contribution in [0.3, 0.4) is 0 Å². The number of halogens is 5. The Morgan fingerprint density at radius 3 is 2.47 bits per heavy atom. The van der Waals surface area contributed by atoms with Gasteiger partial charge in [-0.2, -0.15) is 13.2 Å². The molecule has 0 aliphatic rings. The summed E-state index contributed by atoms with van der Waals surface area (Å²) in [5.41, 5.74) is -0.971. The van der Waals surface area contributed by atoms with E-state index in [0.717, 1.165) is 12.1 Å². The van der Waals surface area contributed by atoms with E-state index in [0.29, 0.717) is 11.6 Å². The summed E-state index contributed by atoms with van der Waals surface area (Å²) in [5.74, 6) is -1.22. The maximum Gasteiger partial charge on any atom is 0.417 e. The van der Waals surface area contributed by atoms with Crippen molar-refractivity contribution in [3.8, 4) is 17.2 Å². The number of benzene rings is 2. The quantitative estimate of drug-likeness (QED) is 0.359. The summed E-state index contributed by atoms with van der Waals surface area (Å²) >= 11 is 5.65. The summed E-state index contributed by atoms with van der Waals surface area (Å²) in [6.45, 7) is -0.152. The number of methoxy groups -OCH3 is 1. The summed E-state index contributed by atoms with van der Waals surface area (Å²) in [6, 6.07) is 7.43. The molecule has 190 valence electrons. The number of alkyl halides is 3. The minimum atomic E-state index is -4.74. The first-order valence-electron chi connectivity index (χ1n) is 10.2. The number of carbonyl (C=O) groups excluding carboxylic acids is 2. The lowest BCUT2D eigenvalue weighted by Gasteiger charge is -2.16. The molecule has 0 aliphatic carbocycles. The number of nitrogens with one attached hydrogen (secondary N) is 3. The van der Waals surface area contributed by atoms with E-state index in [1.54, 1.807) is 0 Å². The number of ether oxygens (including phenoxy) is 2. The van der Waals surface area contributed by atoms with Gasteiger partial charge in [-0.3, -0.25) is 9.78 Å². The van der Waals surface area contributed by atoms with Crippen LogP contribution in [0, 0.1) is 5.82 Å². The van der Waals surface area contributed by atoms with Gasteiger partial charge in [0.25, 0.3) is 5.91 Å². The third-order valence-electron chi connectivity index (χ3n) is 4.71. The molecule has 1 aromatic heterocycles. The monoisotopic (exact) mass is 526 g/mol. The van der Waals surface area contributed by atoms with E-state index in [9.17, 15) is 27.2 Å². The van der Waals surface area contributed by atoms with Crippen LogP contribution in [-0.4, -0.2) is 31.1 Å². The highest BCUT2D eigenvalue weighted by Gasteiger charge is 2.34. The van der Waals surface area contributed by atoms with E-state index < -0.39 is 34.5 Å². The zero-order valence-electron chi connectivity index (χ0n) is 18.8. The molecular formula is C23H19ClF4N4O4. The number of hydrogen-bond acceptors (Lipinski definition) is 5. The van der Waals surface area contributed by atoms with Crippen LogP contribution in [0.25, 0.3) is 0 Å². The average Bonchev–Trinajstić information content (AvgIpc) is 2.84. The Hall–Kier alpha value is -4.06. The molecular weight excluding hydrogens is 508 g/mol. The van der Waals surface area contributed by atoms with Crippen LogP contribution < -0.4 is 25.4 Å². The van der Waals surface area contributed by atoms with E-state index >= 15 is 0 Å². The highest BCUT2D eigenvalue weighted by molar-refractivity contribution is 6.31. The molecule has 0 unspecified atom stereocenters. The minimum absolute atomic E-state index is 0.0774. The summed E-state index contributed by atoms with van der Waals surface area (Å²) in [4.78, 5) is 27.8. The molecule has 8 nitrogen and oxygen atoms in total. The van der Waals surface area contributed by atoms with E-state index in [2.05, 4.69) is 20.9 Å². The van der Waals surface area contributed by atoms with Crippen molar-refractivity contribution >= 4 is 29.2 Å². The molecule has 0 bridgehead atoms. The first kappa shape index (κ1) is 26.5. The maximum atomic E-state index is 14.5. The number of urea groups is 1. The summed E-state index contributed by atoms with van der Waals surface area (Å²) < 4.78 is 64.4. The van der Waals surface area contributed by atoms with Crippen LogP contribution >= 0.6 is 11.6 Å². The minimum Gasteiger partial charge on any atom is -0.495 e. The standard InChI is InChI=1S/C23H19ClF4N4O4/c1-29-21(33)18-8-13(5-6-30-18)36-19-4-3-12(7-16(19)25)11-31-22(34)32-17-9-14(23(26,27)28)15(24)10-20(17)35-2/h3-10H,11H2,1-2H3,(H,29,33)(H2,31,32,34). The van der Waals surface area contributed by atoms with Gasteiger partial charge in [0, 0.05) is 31.9 Å². The molecule has 0 saturated heterocycles. The fourth-order valence-electron chi connectivity index (χ4n) is 2.98. The molecule has 3 amide bonds. The zero-order chi connectivity index (χ0) is 26.5. The largest absolute Gasteiger partial charge is 0.495 e. The molecule has 3 rings (SSSR count). The lowest BCUT2D eigenvalue weighted by molar-refractivity contribution is -0.137. The summed E-state index contributed by atoms with van der Waals surface area (Å²) in [6.07, 6.45) is -3.40. The van der Waals surface area contributed by atoms with Crippen molar-refractivity contribution in [2.24, 2.45) is 0 Å². The van der Waals surface area contributed by atoms with Crippen molar-refractivity contribution in [1.29, 1.82) is 0 Å². The SMILES string of the molecule is CNC(=O)c1cc(Oc2ccc(CNC(=O)Nc3cc(C(F)(F)F)c(Cl)cc3OC)cc2F)ccn1. The van der Waals surface area contributed by atoms with Gasteiger partial charge in [-0.1, -0.05) is 17.7 Å². The number of hydrogen-bond donors (Lipinski definition) is 3. The highest BCUT2D eigenvalue weighted by atomic mass is 35.5. The fourth-order valence-corrected chi connectivity index (χ4v) is 3.24. The van der Waals surface area contributed by atoms with Crippen LogP contribution in [0.1, 0.15) is 21.6 Å². The van der Waals surface area contributed by atoms with E-state index in [-0.39, 0.29) is 35.2 Å². The van der Waals surface area contributed by atoms with Crippen LogP contribution in [0.15, 0.2) is 48.7 Å². The van der Waals surface area contributed by atoms with Crippen LogP contribution in [0.2, 0.25) is 5.02 Å². The number of carbonyl (C=O) groups is 2. The Morgan fingerprint density at radius 2 is 1.83 bits per heavy atom. The molecule has 3 aromatic rings. The highest BCUT2D eigenvalue weighted by Crippen LogP contribution is 2.40. The van der Waals surface area contributed by atoms with Crippen molar-refractivity contribution < 1.29 is 36.6 Å². The predicted molar refractivity (Wildman–Crippen MR) is 123 cm³/mol.